The quantitative estimate of drug-likeness (QED) is 0.0675. The van der Waals surface area contributed by atoms with Crippen LogP contribution in [-0.4, -0.2) is 189 Å². The zero-order valence-corrected chi connectivity index (χ0v) is 42.0. The van der Waals surface area contributed by atoms with E-state index in [2.05, 4.69) is 6.92 Å². The molecule has 5 saturated heterocycles. The van der Waals surface area contributed by atoms with Crippen LogP contribution in [0, 0.1) is 5.92 Å². The van der Waals surface area contributed by atoms with Crippen molar-refractivity contribution in [2.45, 2.75) is 268 Å². The summed E-state index contributed by atoms with van der Waals surface area (Å²) >= 11 is 0. The number of aliphatic hydroxyl groups is 7. The van der Waals surface area contributed by atoms with Crippen LogP contribution in [0.1, 0.15) is 139 Å². The maximum absolute atomic E-state index is 13.9. The maximum atomic E-state index is 13.9. The molecule has 0 saturated carbocycles. The number of fused-ring (bicyclic) bond motifs is 4. The average molecular weight is 1010 g/mol. The molecule has 0 radical (unpaired) electrons. The van der Waals surface area contributed by atoms with Crippen LogP contribution >= 0.6 is 0 Å². The van der Waals surface area contributed by atoms with Crippen molar-refractivity contribution < 1.29 is 102 Å². The zero-order valence-electron chi connectivity index (χ0n) is 42.0. The van der Waals surface area contributed by atoms with Crippen molar-refractivity contribution in [2.24, 2.45) is 5.92 Å². The second-order valence-electron chi connectivity index (χ2n) is 19.7. The fourth-order valence-electron chi connectivity index (χ4n) is 9.27. The van der Waals surface area contributed by atoms with Gasteiger partial charge in [-0.3, -0.25) is 9.59 Å². The molecule has 0 aliphatic carbocycles. The van der Waals surface area contributed by atoms with Gasteiger partial charge in [-0.05, 0) is 53.9 Å². The number of allylic oxidation sites excluding steroid dienone is 1. The molecule has 5 heterocycles. The fraction of sp³-hybridized carbons (Fsp3) is 0.898. The summed E-state index contributed by atoms with van der Waals surface area (Å²) in [6.07, 6.45) is -19.8. The van der Waals surface area contributed by atoms with E-state index in [1.54, 1.807) is 27.7 Å². The summed E-state index contributed by atoms with van der Waals surface area (Å²) in [7, 11) is 0. The average Bonchev–Trinajstić information content (AvgIpc) is 3.32. The smallest absolute Gasteiger partial charge is 0.333 e. The second kappa shape index (κ2) is 27.7. The summed E-state index contributed by atoms with van der Waals surface area (Å²) < 4.78 is 68.0. The molecule has 7 N–H and O–H groups in total. The van der Waals surface area contributed by atoms with Gasteiger partial charge in [-0.1, -0.05) is 84.6 Å². The van der Waals surface area contributed by atoms with Crippen LogP contribution in [0.25, 0.3) is 0 Å². The molecule has 0 unspecified atom stereocenters. The summed E-state index contributed by atoms with van der Waals surface area (Å²) in [5.74, 6) is -3.00. The number of rotatable bonds is 11. The summed E-state index contributed by atoms with van der Waals surface area (Å²) in [6.45, 7) is 12.2. The molecule has 0 aromatic heterocycles. The molecule has 0 aromatic carbocycles. The number of hydrogen-bond donors (Lipinski definition) is 7. The highest BCUT2D eigenvalue weighted by Crippen LogP contribution is 2.38. The Kier molecular flexibility index (Phi) is 23.1. The van der Waals surface area contributed by atoms with Gasteiger partial charge in [0.1, 0.15) is 61.0 Å². The standard InChI is InChI=1S/C49H82O21/c1-9-11-17-20-29-21-18-15-13-12-14-16-19-22-31(51)65-42-39(68-46-37(57)36(56)38(27(7)61-46)66-45(59)25(5)10-2)28(8)62-49(43(42)67-44(58)24(3)4)70-41-35(55)33(53)30(23-50)64-48(41)69-40-34(54)32(52)26(6)60-47(40)63-29/h10,24,26-30,32-43,46-50,52-57H,9,11-23H2,1-8H3/b25-10+/t26-,27-,28+,29+,30-,32-,33-,34+,35+,36-,37-,38-,39+,40-,41-,42-,43-,46+,47+,48+,49+/m1/s1. The minimum absolute atomic E-state index is 0.0418. The number of hydrogen-bond acceptors (Lipinski definition) is 21. The zero-order chi connectivity index (χ0) is 51.4. The van der Waals surface area contributed by atoms with Crippen molar-refractivity contribution in [3.8, 4) is 0 Å². The Morgan fingerprint density at radius 1 is 0.657 bits per heavy atom. The van der Waals surface area contributed by atoms with Crippen molar-refractivity contribution in [3.63, 3.8) is 0 Å². The van der Waals surface area contributed by atoms with E-state index in [1.165, 1.54) is 26.8 Å². The predicted octanol–water partition coefficient (Wildman–Crippen LogP) is 2.11. The summed E-state index contributed by atoms with van der Waals surface area (Å²) in [5, 5.41) is 78.7. The lowest BCUT2D eigenvalue weighted by Gasteiger charge is -2.50. The van der Waals surface area contributed by atoms with E-state index in [9.17, 15) is 50.1 Å². The minimum atomic E-state index is -1.92. The third-order valence-electron chi connectivity index (χ3n) is 13.8. The Morgan fingerprint density at radius 3 is 1.90 bits per heavy atom. The van der Waals surface area contributed by atoms with Crippen molar-refractivity contribution in [3.05, 3.63) is 11.6 Å². The van der Waals surface area contributed by atoms with Crippen molar-refractivity contribution >= 4 is 17.9 Å². The monoisotopic (exact) mass is 1010 g/mol. The summed E-state index contributed by atoms with van der Waals surface area (Å²) in [4.78, 5) is 40.2. The van der Waals surface area contributed by atoms with E-state index in [-0.39, 0.29) is 18.1 Å². The second-order valence-corrected chi connectivity index (χ2v) is 19.7. The van der Waals surface area contributed by atoms with Crippen LogP contribution in [0.15, 0.2) is 11.6 Å². The molecule has 0 amide bonds. The lowest BCUT2D eigenvalue weighted by molar-refractivity contribution is -0.399. The highest BCUT2D eigenvalue weighted by Gasteiger charge is 2.57. The Morgan fingerprint density at radius 2 is 1.26 bits per heavy atom. The van der Waals surface area contributed by atoms with Gasteiger partial charge in [-0.25, -0.2) is 4.79 Å². The molecule has 0 aromatic rings. The van der Waals surface area contributed by atoms with Gasteiger partial charge in [-0.15, -0.1) is 0 Å². The molecule has 5 rings (SSSR count). The van der Waals surface area contributed by atoms with E-state index in [1.807, 2.05) is 0 Å². The topological polar surface area (TPSA) is 294 Å². The molecular weight excluding hydrogens is 925 g/mol. The summed E-state index contributed by atoms with van der Waals surface area (Å²) in [6, 6.07) is 0. The molecule has 21 heteroatoms. The Bertz CT molecular complexity index is 1650. The van der Waals surface area contributed by atoms with E-state index >= 15 is 0 Å². The maximum Gasteiger partial charge on any atom is 0.333 e. The Balaban J connectivity index is 1.54. The Labute approximate surface area is 411 Å². The number of unbranched alkanes of at least 4 members (excludes halogenated alkanes) is 2. The van der Waals surface area contributed by atoms with Crippen LogP contribution in [0.3, 0.4) is 0 Å². The molecule has 5 fully saturated rings. The van der Waals surface area contributed by atoms with Crippen LogP contribution < -0.4 is 0 Å². The van der Waals surface area contributed by atoms with Crippen molar-refractivity contribution in [2.75, 3.05) is 6.61 Å². The summed E-state index contributed by atoms with van der Waals surface area (Å²) in [5.41, 5.74) is 0.260. The van der Waals surface area contributed by atoms with Crippen molar-refractivity contribution in [1.29, 1.82) is 0 Å². The normalized spacial score (nSPS) is 42.3. The first-order valence-corrected chi connectivity index (χ1v) is 25.5. The molecule has 0 spiro atoms. The fourth-order valence-corrected chi connectivity index (χ4v) is 9.27. The van der Waals surface area contributed by atoms with Gasteiger partial charge in [0.05, 0.1) is 36.9 Å². The SMILES string of the molecule is C/C=C(\C)C(=O)O[C@H]1[C@H](O)[C@@H](O)[C@H](O[C@@H]2[C@H]3OC(=O)CCCCCCCCC[C@H](CCCCC)O[C@@H]4O[C@H](C)[C@@H](O)[C@H](O)[C@H]4O[C@@H]4O[C@H](CO)[C@@H](O)[C@H](O)[C@H]4O[C@H](O[C@H]2C)[C@@H]3OC(=O)C(C)C)O[C@@H]1C. The molecule has 2 bridgehead atoms. The lowest BCUT2D eigenvalue weighted by atomic mass is 9.95. The number of aliphatic hydroxyl groups excluding tert-OH is 7. The predicted molar refractivity (Wildman–Crippen MR) is 244 cm³/mol. The van der Waals surface area contributed by atoms with Gasteiger partial charge in [0.2, 0.25) is 0 Å². The van der Waals surface area contributed by atoms with Crippen LogP contribution in [-0.2, 0) is 66.5 Å². The number of ether oxygens (including phenoxy) is 11. The van der Waals surface area contributed by atoms with Gasteiger partial charge in [-0.2, -0.15) is 0 Å². The van der Waals surface area contributed by atoms with E-state index < -0.39 is 153 Å². The molecule has 5 aliphatic heterocycles. The largest absolute Gasteiger partial charge is 0.455 e. The number of carbonyl (C=O) groups excluding carboxylic acids is 3. The first-order valence-electron chi connectivity index (χ1n) is 25.5. The van der Waals surface area contributed by atoms with Gasteiger partial charge < -0.3 is 87.9 Å². The van der Waals surface area contributed by atoms with Gasteiger partial charge in [0.15, 0.2) is 43.5 Å². The third-order valence-corrected chi connectivity index (χ3v) is 13.8. The highest BCUT2D eigenvalue weighted by molar-refractivity contribution is 5.87. The van der Waals surface area contributed by atoms with Gasteiger partial charge in [0, 0.05) is 12.0 Å². The molecular formula is C49H82O21. The third kappa shape index (κ3) is 15.1. The van der Waals surface area contributed by atoms with E-state index in [0.717, 1.165) is 51.4 Å². The Hall–Kier alpha value is -2.45. The van der Waals surface area contributed by atoms with Crippen molar-refractivity contribution in [1.82, 2.24) is 0 Å². The van der Waals surface area contributed by atoms with Crippen LogP contribution in [0.4, 0.5) is 0 Å². The molecule has 21 nitrogen and oxygen atoms in total. The number of carbonyl (C=O) groups is 3. The van der Waals surface area contributed by atoms with Crippen LogP contribution in [0.5, 0.6) is 0 Å². The first kappa shape index (κ1) is 58.4. The highest BCUT2D eigenvalue weighted by atomic mass is 16.8. The van der Waals surface area contributed by atoms with E-state index in [4.69, 9.17) is 52.1 Å². The molecule has 404 valence electrons. The molecule has 70 heavy (non-hydrogen) atoms. The van der Waals surface area contributed by atoms with Crippen LogP contribution in [0.2, 0.25) is 0 Å². The molecule has 21 atom stereocenters. The van der Waals surface area contributed by atoms with Gasteiger partial charge in [0.25, 0.3) is 0 Å². The lowest BCUT2D eigenvalue weighted by Crippen LogP contribution is -2.68. The number of esters is 3. The van der Waals surface area contributed by atoms with E-state index in [0.29, 0.717) is 25.7 Å². The first-order chi connectivity index (χ1) is 33.3. The van der Waals surface area contributed by atoms with Gasteiger partial charge >= 0.3 is 17.9 Å². The minimum Gasteiger partial charge on any atom is -0.455 e. The molecule has 5 aliphatic rings.